The molecule has 0 fully saturated rings. The van der Waals surface area contributed by atoms with Gasteiger partial charge in [0, 0.05) is 37.5 Å². The van der Waals surface area contributed by atoms with E-state index in [1.54, 1.807) is 36.4 Å². The third kappa shape index (κ3) is 5.72. The van der Waals surface area contributed by atoms with Crippen LogP contribution in [0, 0.1) is 0 Å². The van der Waals surface area contributed by atoms with E-state index in [-0.39, 0.29) is 18.4 Å². The quantitative estimate of drug-likeness (QED) is 0.598. The Morgan fingerprint density at radius 3 is 3.07 bits per heavy atom. The van der Waals surface area contributed by atoms with E-state index in [9.17, 15) is 9.28 Å². The van der Waals surface area contributed by atoms with Gasteiger partial charge in [-0.2, -0.15) is 4.98 Å². The predicted molar refractivity (Wildman–Crippen MR) is 113 cm³/mol. The summed E-state index contributed by atoms with van der Waals surface area (Å²) in [5.41, 5.74) is 1.27. The summed E-state index contributed by atoms with van der Waals surface area (Å²) in [6.45, 7) is 2.64. The molecule has 0 saturated carbocycles. The van der Waals surface area contributed by atoms with Crippen LogP contribution in [0.3, 0.4) is 0 Å². The lowest BCUT2D eigenvalue weighted by atomic mass is 10.00. The van der Waals surface area contributed by atoms with Crippen LogP contribution in [0.1, 0.15) is 50.8 Å². The molecule has 2 aromatic rings. The van der Waals surface area contributed by atoms with Crippen molar-refractivity contribution in [3.05, 3.63) is 47.0 Å². The van der Waals surface area contributed by atoms with Gasteiger partial charge < -0.3 is 14.4 Å². The molecule has 1 amide bonds. The topological polar surface area (TPSA) is 78.3 Å². The molecular weight excluding hydrogens is 409 g/mol. The van der Waals surface area contributed by atoms with E-state index < -0.39 is 0 Å². The van der Waals surface area contributed by atoms with E-state index in [2.05, 4.69) is 22.0 Å². The van der Waals surface area contributed by atoms with E-state index in [4.69, 9.17) is 16.1 Å². The number of unbranched alkanes of at least 4 members (excludes halogenated alkanes) is 1. The lowest BCUT2D eigenvalue weighted by molar-refractivity contribution is -0.126. The fourth-order valence-corrected chi connectivity index (χ4v) is 3.56. The second-order valence-corrected chi connectivity index (χ2v) is 7.89. The first-order valence-electron chi connectivity index (χ1n) is 10.2. The van der Waals surface area contributed by atoms with Crippen molar-refractivity contribution in [2.75, 3.05) is 20.1 Å². The number of rotatable bonds is 8. The van der Waals surface area contributed by atoms with Gasteiger partial charge in [0.25, 0.3) is 5.89 Å². The fraction of sp³-hybridized carbons (Fsp3) is 0.476. The summed E-state index contributed by atoms with van der Waals surface area (Å²) in [6, 6.07) is 1.72. The Hall–Kier alpha value is -2.61. The molecule has 0 spiro atoms. The highest BCUT2D eigenvalue weighted by Crippen LogP contribution is 2.26. The highest BCUT2D eigenvalue weighted by atomic mass is 35.5. The molecule has 0 saturated heterocycles. The number of hydrogen-bond acceptors (Lipinski definition) is 5. The van der Waals surface area contributed by atoms with Gasteiger partial charge in [-0.3, -0.25) is 4.79 Å². The zero-order chi connectivity index (χ0) is 21.5. The summed E-state index contributed by atoms with van der Waals surface area (Å²) in [5, 5.41) is 5.29. The maximum Gasteiger partial charge on any atom is 0.274 e. The number of allylic oxidation sites excluding steroid dienone is 1. The third-order valence-corrected chi connectivity index (χ3v) is 5.28. The van der Waals surface area contributed by atoms with Crippen LogP contribution in [-0.4, -0.2) is 51.2 Å². The second kappa shape index (κ2) is 10.4. The number of halogens is 2. The van der Waals surface area contributed by atoms with Crippen molar-refractivity contribution in [3.8, 4) is 11.6 Å². The molecule has 1 atom stereocenters. The predicted octanol–water partition coefficient (Wildman–Crippen LogP) is 4.87. The standard InChI is InChI=1S/C21H27ClFN5O2/c1-3-4-7-16(19-25-20(30-26-19)18-12-17(22)13-24-18)14-27(2)21(29)15-8-5-6-10-28(23)11-9-15/h6,9-10,12-13,16,24H,3-5,7-8,11,14H2,1-2H3/b10-6-,15-9+/t16-/m0/s1. The molecule has 0 aromatic carbocycles. The molecule has 0 bridgehead atoms. The molecule has 162 valence electrons. The summed E-state index contributed by atoms with van der Waals surface area (Å²) >= 11 is 5.96. The minimum absolute atomic E-state index is 0.0615. The molecule has 1 N–H and O–H groups in total. The van der Waals surface area contributed by atoms with Crippen molar-refractivity contribution in [1.82, 2.24) is 25.1 Å². The zero-order valence-electron chi connectivity index (χ0n) is 17.3. The van der Waals surface area contributed by atoms with Gasteiger partial charge in [0.15, 0.2) is 5.82 Å². The van der Waals surface area contributed by atoms with Crippen LogP contribution in [0.2, 0.25) is 5.02 Å². The molecule has 7 nitrogen and oxygen atoms in total. The summed E-state index contributed by atoms with van der Waals surface area (Å²) in [7, 11) is 1.76. The molecular formula is C21H27ClFN5O2. The van der Waals surface area contributed by atoms with Gasteiger partial charge in [0.2, 0.25) is 5.91 Å². The number of carbonyl (C=O) groups excluding carboxylic acids is 1. The minimum atomic E-state index is -0.0972. The number of aromatic nitrogens is 3. The molecule has 0 aliphatic carbocycles. The number of likely N-dealkylation sites (N-methyl/N-ethyl adjacent to an activating group) is 1. The fourth-order valence-electron chi connectivity index (χ4n) is 3.39. The molecule has 3 heterocycles. The van der Waals surface area contributed by atoms with Crippen LogP contribution in [0.4, 0.5) is 4.48 Å². The largest absolute Gasteiger partial charge is 0.356 e. The van der Waals surface area contributed by atoms with Crippen molar-refractivity contribution >= 4 is 17.5 Å². The van der Waals surface area contributed by atoms with E-state index >= 15 is 0 Å². The van der Waals surface area contributed by atoms with Crippen LogP contribution < -0.4 is 0 Å². The first-order chi connectivity index (χ1) is 14.5. The maximum absolute atomic E-state index is 13.5. The van der Waals surface area contributed by atoms with Crippen LogP contribution in [0.15, 0.2) is 40.7 Å². The number of nitrogens with zero attached hydrogens (tertiary/aromatic N) is 4. The summed E-state index contributed by atoms with van der Waals surface area (Å²) in [5.74, 6) is 0.770. The molecule has 30 heavy (non-hydrogen) atoms. The smallest absolute Gasteiger partial charge is 0.274 e. The van der Waals surface area contributed by atoms with Crippen molar-refractivity contribution in [2.45, 2.75) is 44.9 Å². The average molecular weight is 436 g/mol. The molecule has 0 radical (unpaired) electrons. The Balaban J connectivity index is 1.72. The van der Waals surface area contributed by atoms with E-state index in [1.165, 1.54) is 6.20 Å². The number of amides is 1. The van der Waals surface area contributed by atoms with E-state index in [1.807, 2.05) is 0 Å². The highest BCUT2D eigenvalue weighted by molar-refractivity contribution is 6.30. The molecule has 0 unspecified atom stereocenters. The molecule has 2 aromatic heterocycles. The van der Waals surface area contributed by atoms with E-state index in [0.29, 0.717) is 52.5 Å². The van der Waals surface area contributed by atoms with Gasteiger partial charge in [-0.25, -0.2) is 5.12 Å². The Labute approximate surface area is 180 Å². The van der Waals surface area contributed by atoms with Crippen molar-refractivity contribution < 1.29 is 13.8 Å². The summed E-state index contributed by atoms with van der Waals surface area (Å²) < 4.78 is 18.9. The van der Waals surface area contributed by atoms with Gasteiger partial charge in [-0.15, -0.1) is 4.48 Å². The molecule has 1 aliphatic rings. The average Bonchev–Trinajstić information content (AvgIpc) is 3.37. The Kier molecular flexibility index (Phi) is 7.68. The van der Waals surface area contributed by atoms with Gasteiger partial charge in [0.1, 0.15) is 5.69 Å². The van der Waals surface area contributed by atoms with Gasteiger partial charge >= 0.3 is 0 Å². The summed E-state index contributed by atoms with van der Waals surface area (Å²) in [4.78, 5) is 22.1. The normalized spacial score (nSPS) is 18.3. The second-order valence-electron chi connectivity index (χ2n) is 7.45. The lowest BCUT2D eigenvalue weighted by Crippen LogP contribution is -2.33. The number of nitrogens with one attached hydrogen (secondary N) is 1. The molecule has 1 aliphatic heterocycles. The number of aromatic amines is 1. The Morgan fingerprint density at radius 2 is 2.33 bits per heavy atom. The van der Waals surface area contributed by atoms with Gasteiger partial charge in [-0.05, 0) is 25.3 Å². The van der Waals surface area contributed by atoms with Gasteiger partial charge in [0.05, 0.1) is 11.6 Å². The monoisotopic (exact) mass is 435 g/mol. The van der Waals surface area contributed by atoms with E-state index in [0.717, 1.165) is 19.3 Å². The van der Waals surface area contributed by atoms with Crippen LogP contribution >= 0.6 is 11.6 Å². The zero-order valence-corrected chi connectivity index (χ0v) is 18.0. The van der Waals surface area contributed by atoms with Crippen molar-refractivity contribution in [1.29, 1.82) is 0 Å². The Bertz CT molecular complexity index is 907. The first-order valence-corrected chi connectivity index (χ1v) is 10.6. The summed E-state index contributed by atoms with van der Waals surface area (Å²) in [6.07, 6.45) is 10.5. The van der Waals surface area contributed by atoms with Crippen molar-refractivity contribution in [2.24, 2.45) is 0 Å². The maximum atomic E-state index is 13.5. The first kappa shape index (κ1) is 22.1. The lowest BCUT2D eigenvalue weighted by Gasteiger charge is -2.24. The highest BCUT2D eigenvalue weighted by Gasteiger charge is 2.24. The Morgan fingerprint density at radius 1 is 1.50 bits per heavy atom. The van der Waals surface area contributed by atoms with Crippen LogP contribution in [0.25, 0.3) is 11.6 Å². The molecule has 9 heteroatoms. The minimum Gasteiger partial charge on any atom is -0.356 e. The number of H-pyrrole nitrogens is 1. The number of carbonyl (C=O) groups is 1. The van der Waals surface area contributed by atoms with Crippen LogP contribution in [-0.2, 0) is 4.79 Å². The molecule has 3 rings (SSSR count). The number of hydrogen-bond donors (Lipinski definition) is 1. The SMILES string of the molecule is CCCC[C@@H](CN(C)C(=O)/C1=C/CN(F)/C=C\CC1)c1noc(-c2cc(Cl)c[nH]2)n1. The third-order valence-electron chi connectivity index (χ3n) is 5.07. The van der Waals surface area contributed by atoms with Crippen LogP contribution in [0.5, 0.6) is 0 Å². The van der Waals surface area contributed by atoms with Gasteiger partial charge in [-0.1, -0.05) is 48.7 Å². The van der Waals surface area contributed by atoms with Crippen molar-refractivity contribution in [3.63, 3.8) is 0 Å².